The van der Waals surface area contributed by atoms with E-state index >= 15 is 0 Å². The van der Waals surface area contributed by atoms with Crippen molar-refractivity contribution >= 4 is 17.8 Å². The fraction of sp³-hybridized carbons (Fsp3) is 0.364. The van der Waals surface area contributed by atoms with Gasteiger partial charge in [0.2, 0.25) is 11.8 Å². The molecule has 0 atom stereocenters. The number of furan rings is 1. The number of nitrogens with zero attached hydrogens (tertiary/aromatic N) is 1. The molecule has 0 spiro atoms. The Morgan fingerprint density at radius 3 is 2.65 bits per heavy atom. The van der Waals surface area contributed by atoms with E-state index < -0.39 is 5.97 Å². The smallest absolute Gasteiger partial charge is 0.342 e. The van der Waals surface area contributed by atoms with Crippen molar-refractivity contribution < 1.29 is 18.7 Å². The third-order valence-electron chi connectivity index (χ3n) is 2.16. The Morgan fingerprint density at radius 2 is 2.18 bits per heavy atom. The number of hydrogen-bond donors (Lipinski definition) is 1. The van der Waals surface area contributed by atoms with Gasteiger partial charge in [-0.2, -0.15) is 5.26 Å². The maximum Gasteiger partial charge on any atom is 0.342 e. The molecule has 17 heavy (non-hydrogen) atoms. The van der Waals surface area contributed by atoms with Gasteiger partial charge >= 0.3 is 5.97 Å². The van der Waals surface area contributed by atoms with Crippen LogP contribution in [0, 0.1) is 18.3 Å². The quantitative estimate of drug-likeness (QED) is 0.804. The minimum absolute atomic E-state index is 0.0164. The zero-order valence-electron chi connectivity index (χ0n) is 9.79. The molecule has 1 aromatic rings. The van der Waals surface area contributed by atoms with E-state index in [1.807, 2.05) is 6.07 Å². The highest BCUT2D eigenvalue weighted by Crippen LogP contribution is 2.26. The number of esters is 1. The number of methoxy groups -OCH3 is 1. The summed E-state index contributed by atoms with van der Waals surface area (Å²) in [6, 6.07) is 1.82. The topological polar surface area (TPSA) is 92.3 Å². The Labute approximate surface area is 98.2 Å². The largest absolute Gasteiger partial charge is 0.465 e. The normalized spacial score (nSPS) is 9.53. The predicted octanol–water partition coefficient (Wildman–Crippen LogP) is 1.59. The standard InChI is InChI=1S/C11H12N2O4/c1-4-8(14)13-10-7(5-12)9(6(2)17-10)11(15)16-3/h4H2,1-3H3,(H,13,14). The van der Waals surface area contributed by atoms with E-state index in [-0.39, 0.29) is 35.1 Å². The molecule has 0 saturated carbocycles. The van der Waals surface area contributed by atoms with Crippen molar-refractivity contribution in [2.45, 2.75) is 20.3 Å². The molecule has 6 heteroatoms. The fourth-order valence-electron chi connectivity index (χ4n) is 1.30. The molecular formula is C11H12N2O4. The molecule has 0 aliphatic carbocycles. The van der Waals surface area contributed by atoms with Crippen molar-refractivity contribution in [2.75, 3.05) is 12.4 Å². The first-order valence-corrected chi connectivity index (χ1v) is 4.96. The van der Waals surface area contributed by atoms with Crippen molar-refractivity contribution in [3.63, 3.8) is 0 Å². The van der Waals surface area contributed by atoms with E-state index in [1.165, 1.54) is 14.0 Å². The highest BCUT2D eigenvalue weighted by atomic mass is 16.5. The lowest BCUT2D eigenvalue weighted by atomic mass is 10.1. The van der Waals surface area contributed by atoms with Crippen LogP contribution in [0.3, 0.4) is 0 Å². The lowest BCUT2D eigenvalue weighted by Crippen LogP contribution is -2.10. The van der Waals surface area contributed by atoms with Crippen molar-refractivity contribution in [1.82, 2.24) is 0 Å². The Balaban J connectivity index is 3.22. The van der Waals surface area contributed by atoms with Crippen LogP contribution in [-0.2, 0) is 9.53 Å². The van der Waals surface area contributed by atoms with Crippen LogP contribution in [0.5, 0.6) is 0 Å². The molecule has 1 rings (SSSR count). The minimum atomic E-state index is -0.667. The summed E-state index contributed by atoms with van der Waals surface area (Å²) in [4.78, 5) is 22.6. The highest BCUT2D eigenvalue weighted by Gasteiger charge is 2.24. The Hall–Kier alpha value is -2.29. The summed E-state index contributed by atoms with van der Waals surface area (Å²) >= 11 is 0. The van der Waals surface area contributed by atoms with Crippen LogP contribution >= 0.6 is 0 Å². The summed E-state index contributed by atoms with van der Waals surface area (Å²) in [6.45, 7) is 3.19. The van der Waals surface area contributed by atoms with Crippen molar-refractivity contribution in [3.05, 3.63) is 16.9 Å². The van der Waals surface area contributed by atoms with Gasteiger partial charge in [0.05, 0.1) is 7.11 Å². The second-order valence-corrected chi connectivity index (χ2v) is 3.24. The number of carbonyl (C=O) groups is 2. The first kappa shape index (κ1) is 12.8. The molecule has 0 saturated heterocycles. The van der Waals surface area contributed by atoms with Gasteiger partial charge in [-0.05, 0) is 6.92 Å². The molecule has 90 valence electrons. The maximum absolute atomic E-state index is 11.4. The molecule has 0 aliphatic rings. The SMILES string of the molecule is CCC(=O)Nc1oc(C)c(C(=O)OC)c1C#N. The van der Waals surface area contributed by atoms with Crippen LogP contribution in [0.4, 0.5) is 5.88 Å². The summed E-state index contributed by atoms with van der Waals surface area (Å²) in [5.41, 5.74) is 0.0255. The number of carbonyl (C=O) groups excluding carboxylic acids is 2. The Kier molecular flexibility index (Phi) is 3.88. The number of nitrogens with one attached hydrogen (secondary N) is 1. The summed E-state index contributed by atoms with van der Waals surface area (Å²) in [7, 11) is 1.21. The number of hydrogen-bond acceptors (Lipinski definition) is 5. The number of anilines is 1. The number of nitriles is 1. The van der Waals surface area contributed by atoms with E-state index in [0.29, 0.717) is 0 Å². The van der Waals surface area contributed by atoms with Crippen LogP contribution in [0.2, 0.25) is 0 Å². The summed E-state index contributed by atoms with van der Waals surface area (Å²) in [6.07, 6.45) is 0.248. The van der Waals surface area contributed by atoms with E-state index in [9.17, 15) is 9.59 Å². The molecule has 1 aromatic heterocycles. The van der Waals surface area contributed by atoms with Gasteiger partial charge in [0.15, 0.2) is 0 Å². The van der Waals surface area contributed by atoms with Crippen LogP contribution in [0.15, 0.2) is 4.42 Å². The molecular weight excluding hydrogens is 224 g/mol. The zero-order chi connectivity index (χ0) is 13.0. The lowest BCUT2D eigenvalue weighted by molar-refractivity contribution is -0.116. The van der Waals surface area contributed by atoms with Crippen LogP contribution in [0.1, 0.15) is 35.0 Å². The molecule has 0 aromatic carbocycles. The average Bonchev–Trinajstić information content (AvgIpc) is 2.63. The van der Waals surface area contributed by atoms with Crippen molar-refractivity contribution in [1.29, 1.82) is 5.26 Å². The van der Waals surface area contributed by atoms with Gasteiger partial charge in [0.1, 0.15) is 23.0 Å². The third kappa shape index (κ3) is 2.45. The van der Waals surface area contributed by atoms with Crippen molar-refractivity contribution in [2.24, 2.45) is 0 Å². The van der Waals surface area contributed by atoms with Crippen LogP contribution in [-0.4, -0.2) is 19.0 Å². The molecule has 0 unspecified atom stereocenters. The predicted molar refractivity (Wildman–Crippen MR) is 58.4 cm³/mol. The Bertz CT molecular complexity index is 496. The molecule has 0 aliphatic heterocycles. The first-order valence-electron chi connectivity index (χ1n) is 4.96. The zero-order valence-corrected chi connectivity index (χ0v) is 9.79. The number of aryl methyl sites for hydroxylation is 1. The van der Waals surface area contributed by atoms with Gasteiger partial charge in [-0.3, -0.25) is 10.1 Å². The van der Waals surface area contributed by atoms with Gasteiger partial charge < -0.3 is 9.15 Å². The second-order valence-electron chi connectivity index (χ2n) is 3.24. The number of rotatable bonds is 3. The number of amides is 1. The molecule has 0 radical (unpaired) electrons. The van der Waals surface area contributed by atoms with E-state index in [4.69, 9.17) is 9.68 Å². The first-order chi connectivity index (χ1) is 8.04. The summed E-state index contributed by atoms with van der Waals surface area (Å²) < 4.78 is 9.72. The van der Waals surface area contributed by atoms with Gasteiger partial charge in [-0.15, -0.1) is 0 Å². The summed E-state index contributed by atoms with van der Waals surface area (Å²) in [5, 5.41) is 11.4. The van der Waals surface area contributed by atoms with Crippen molar-refractivity contribution in [3.8, 4) is 6.07 Å². The average molecular weight is 236 g/mol. The maximum atomic E-state index is 11.4. The van der Waals surface area contributed by atoms with Crippen LogP contribution in [0.25, 0.3) is 0 Å². The molecule has 0 fully saturated rings. The van der Waals surface area contributed by atoms with E-state index in [0.717, 1.165) is 0 Å². The lowest BCUT2D eigenvalue weighted by Gasteiger charge is -1.99. The second kappa shape index (κ2) is 5.16. The number of ether oxygens (including phenoxy) is 1. The monoisotopic (exact) mass is 236 g/mol. The fourth-order valence-corrected chi connectivity index (χ4v) is 1.30. The minimum Gasteiger partial charge on any atom is -0.465 e. The molecule has 1 amide bonds. The Morgan fingerprint density at radius 1 is 1.53 bits per heavy atom. The molecule has 1 N–H and O–H groups in total. The van der Waals surface area contributed by atoms with Gasteiger partial charge in [0, 0.05) is 6.42 Å². The molecule has 1 heterocycles. The van der Waals surface area contributed by atoms with Crippen LogP contribution < -0.4 is 5.32 Å². The van der Waals surface area contributed by atoms with Gasteiger partial charge in [-0.1, -0.05) is 6.92 Å². The molecule has 0 bridgehead atoms. The summed E-state index contributed by atoms with van der Waals surface area (Å²) in [5.74, 6) is -0.747. The van der Waals surface area contributed by atoms with E-state index in [2.05, 4.69) is 10.1 Å². The molecule has 6 nitrogen and oxygen atoms in total. The third-order valence-corrected chi connectivity index (χ3v) is 2.16. The highest BCUT2D eigenvalue weighted by molar-refractivity contribution is 5.98. The van der Waals surface area contributed by atoms with Gasteiger partial charge in [0.25, 0.3) is 0 Å². The van der Waals surface area contributed by atoms with Gasteiger partial charge in [-0.25, -0.2) is 4.79 Å². The van der Waals surface area contributed by atoms with E-state index in [1.54, 1.807) is 6.92 Å².